The van der Waals surface area contributed by atoms with E-state index in [9.17, 15) is 16.8 Å². The van der Waals surface area contributed by atoms with Crippen molar-refractivity contribution in [2.75, 3.05) is 36.4 Å². The van der Waals surface area contributed by atoms with Crippen LogP contribution in [0.1, 0.15) is 0 Å². The number of halogens is 1. The third-order valence-corrected chi connectivity index (χ3v) is 8.13. The van der Waals surface area contributed by atoms with Gasteiger partial charge in [-0.3, -0.25) is 0 Å². The Labute approximate surface area is 168 Å². The molecule has 0 unspecified atom stereocenters. The monoisotopic (exact) mass is 440 g/mol. The van der Waals surface area contributed by atoms with Gasteiger partial charge in [0.2, 0.25) is 10.0 Å². The lowest BCUT2D eigenvalue weighted by Gasteiger charge is -2.35. The maximum Gasteiger partial charge on any atom is 0.285 e. The fourth-order valence-electron chi connectivity index (χ4n) is 3.21. The van der Waals surface area contributed by atoms with Crippen molar-refractivity contribution < 1.29 is 16.8 Å². The lowest BCUT2D eigenvalue weighted by Crippen LogP contribution is -2.48. The lowest BCUT2D eigenvalue weighted by molar-refractivity contribution is 0.385. The molecule has 0 bridgehead atoms. The van der Waals surface area contributed by atoms with Gasteiger partial charge in [-0.05, 0) is 42.5 Å². The lowest BCUT2D eigenvalue weighted by atomic mass is 10.2. The van der Waals surface area contributed by atoms with Gasteiger partial charge >= 0.3 is 0 Å². The number of anilines is 2. The summed E-state index contributed by atoms with van der Waals surface area (Å²) in [5, 5.41) is 3.35. The van der Waals surface area contributed by atoms with Crippen LogP contribution in [0.3, 0.4) is 0 Å². The third-order valence-electron chi connectivity index (χ3n) is 4.71. The summed E-state index contributed by atoms with van der Waals surface area (Å²) < 4.78 is 55.0. The second kappa shape index (κ2) is 7.03. The van der Waals surface area contributed by atoms with Crippen LogP contribution in [0.2, 0.25) is 5.02 Å². The van der Waals surface area contributed by atoms with E-state index in [0.717, 1.165) is 18.1 Å². The van der Waals surface area contributed by atoms with Gasteiger partial charge in [-0.2, -0.15) is 12.7 Å². The van der Waals surface area contributed by atoms with E-state index >= 15 is 0 Å². The second-order valence-corrected chi connectivity index (χ2v) is 10.4. The van der Waals surface area contributed by atoms with Crippen LogP contribution in [0.5, 0.6) is 0 Å². The van der Waals surface area contributed by atoms with E-state index in [-0.39, 0.29) is 9.79 Å². The first-order valence-electron chi connectivity index (χ1n) is 8.47. The fraction of sp³-hybridized carbons (Fsp3) is 0.235. The topological polar surface area (TPSA) is 99.1 Å². The van der Waals surface area contributed by atoms with Gasteiger partial charge in [0, 0.05) is 36.9 Å². The van der Waals surface area contributed by atoms with Crippen molar-refractivity contribution in [2.45, 2.75) is 9.79 Å². The molecule has 11 heteroatoms. The highest BCUT2D eigenvalue weighted by Crippen LogP contribution is 2.30. The van der Waals surface area contributed by atoms with E-state index in [1.807, 2.05) is 12.1 Å². The Hall–Kier alpha value is -2.14. The number of hydrogen-bond donors (Lipinski definition) is 1. The molecule has 2 aromatic rings. The molecule has 8 nitrogen and oxygen atoms in total. The number of hydrogen-bond acceptors (Lipinski definition) is 6. The van der Waals surface area contributed by atoms with Crippen molar-refractivity contribution >= 4 is 49.4 Å². The van der Waals surface area contributed by atoms with Crippen LogP contribution in [0.4, 0.5) is 11.4 Å². The number of sulfonamides is 2. The Morgan fingerprint density at radius 3 is 2.36 bits per heavy atom. The van der Waals surface area contributed by atoms with Gasteiger partial charge in [0.25, 0.3) is 10.0 Å². The number of fused-ring (bicyclic) bond motifs is 1. The number of rotatable bonds is 3. The molecule has 1 N–H and O–H groups in total. The van der Waals surface area contributed by atoms with Gasteiger partial charge in [-0.25, -0.2) is 8.42 Å². The third kappa shape index (κ3) is 3.48. The molecule has 0 aliphatic carbocycles. The molecule has 0 aromatic heterocycles. The number of nitrogens with zero attached hydrogens (tertiary/aromatic N) is 3. The van der Waals surface area contributed by atoms with Crippen molar-refractivity contribution in [3.8, 4) is 0 Å². The molecule has 0 atom stereocenters. The van der Waals surface area contributed by atoms with E-state index in [1.165, 1.54) is 16.4 Å². The van der Waals surface area contributed by atoms with Gasteiger partial charge in [0.15, 0.2) is 0 Å². The van der Waals surface area contributed by atoms with E-state index in [1.54, 1.807) is 12.1 Å². The molecule has 148 valence electrons. The molecule has 0 spiro atoms. The van der Waals surface area contributed by atoms with Gasteiger partial charge in [0.05, 0.1) is 10.6 Å². The highest BCUT2D eigenvalue weighted by atomic mass is 35.5. The first kappa shape index (κ1) is 19.2. The van der Waals surface area contributed by atoms with E-state index in [0.29, 0.717) is 36.9 Å². The van der Waals surface area contributed by atoms with Gasteiger partial charge in [0.1, 0.15) is 11.2 Å². The standard InChI is InChI=1S/C17H17ClN4O4S2/c18-13-1-3-14(4-2-13)21-7-9-22(10-8-21)28(25,26)15-5-6-16-17(11-15)27(23,24)20-12-19-16/h1-6,11-12H,7-10H2,(H,19,20). The summed E-state index contributed by atoms with van der Waals surface area (Å²) in [6.07, 6.45) is 1.07. The zero-order valence-electron chi connectivity index (χ0n) is 14.6. The molecule has 0 amide bonds. The molecule has 2 heterocycles. The summed E-state index contributed by atoms with van der Waals surface area (Å²) in [4.78, 5) is 1.88. The van der Waals surface area contributed by atoms with Crippen molar-refractivity contribution in [3.05, 3.63) is 47.5 Å². The first-order valence-corrected chi connectivity index (χ1v) is 11.7. The summed E-state index contributed by atoms with van der Waals surface area (Å²) in [6, 6.07) is 11.4. The Kier molecular flexibility index (Phi) is 4.82. The molecule has 1 fully saturated rings. The molecule has 2 aromatic carbocycles. The van der Waals surface area contributed by atoms with Gasteiger partial charge in [-0.15, -0.1) is 4.40 Å². The predicted octanol–water partition coefficient (Wildman–Crippen LogP) is 1.99. The Morgan fingerprint density at radius 2 is 1.68 bits per heavy atom. The van der Waals surface area contributed by atoms with Crippen molar-refractivity contribution in [2.24, 2.45) is 4.40 Å². The highest BCUT2D eigenvalue weighted by Gasteiger charge is 2.31. The minimum absolute atomic E-state index is 0.0614. The largest absolute Gasteiger partial charge is 0.369 e. The fourth-order valence-corrected chi connectivity index (χ4v) is 5.84. The Morgan fingerprint density at radius 1 is 1.00 bits per heavy atom. The smallest absolute Gasteiger partial charge is 0.285 e. The van der Waals surface area contributed by atoms with Crippen molar-refractivity contribution in [3.63, 3.8) is 0 Å². The quantitative estimate of drug-likeness (QED) is 0.783. The maximum absolute atomic E-state index is 13.0. The predicted molar refractivity (Wildman–Crippen MR) is 108 cm³/mol. The zero-order chi connectivity index (χ0) is 19.9. The van der Waals surface area contributed by atoms with Crippen LogP contribution in [0.15, 0.2) is 56.7 Å². The van der Waals surface area contributed by atoms with Crippen LogP contribution in [-0.2, 0) is 20.0 Å². The maximum atomic E-state index is 13.0. The molecule has 1 saturated heterocycles. The van der Waals surface area contributed by atoms with Gasteiger partial charge in [-0.1, -0.05) is 11.6 Å². The average molecular weight is 441 g/mol. The molecule has 4 rings (SSSR count). The molecule has 2 aliphatic rings. The first-order chi connectivity index (χ1) is 13.3. The van der Waals surface area contributed by atoms with Gasteiger partial charge < -0.3 is 10.2 Å². The number of piperazine rings is 1. The van der Waals surface area contributed by atoms with Crippen molar-refractivity contribution in [1.29, 1.82) is 0 Å². The summed E-state index contributed by atoms with van der Waals surface area (Å²) >= 11 is 5.91. The number of nitrogens with one attached hydrogen (secondary N) is 1. The minimum Gasteiger partial charge on any atom is -0.369 e. The van der Waals surface area contributed by atoms with Crippen molar-refractivity contribution in [1.82, 2.24) is 4.31 Å². The minimum atomic E-state index is -3.90. The highest BCUT2D eigenvalue weighted by molar-refractivity contribution is 7.91. The van der Waals surface area contributed by atoms with Crippen LogP contribution in [0.25, 0.3) is 0 Å². The van der Waals surface area contributed by atoms with E-state index in [4.69, 9.17) is 11.6 Å². The number of benzene rings is 2. The molecule has 2 aliphatic heterocycles. The molecule has 28 heavy (non-hydrogen) atoms. The van der Waals surface area contributed by atoms with Crippen LogP contribution >= 0.6 is 11.6 Å². The average Bonchev–Trinajstić information content (AvgIpc) is 2.68. The van der Waals surface area contributed by atoms with Crippen LogP contribution in [0, 0.1) is 0 Å². The zero-order valence-corrected chi connectivity index (χ0v) is 17.0. The SMILES string of the molecule is O=S1(=O)N=CNc2ccc(S(=O)(=O)N3CCN(c4ccc(Cl)cc4)CC3)cc21. The van der Waals surface area contributed by atoms with Crippen LogP contribution in [-0.4, -0.2) is 53.7 Å². The summed E-state index contributed by atoms with van der Waals surface area (Å²) in [6.45, 7) is 1.64. The summed E-state index contributed by atoms with van der Waals surface area (Å²) in [7, 11) is -7.72. The molecular weight excluding hydrogens is 424 g/mol. The molecular formula is C17H17ClN4O4S2. The molecule has 0 saturated carbocycles. The van der Waals surface area contributed by atoms with E-state index in [2.05, 4.69) is 14.6 Å². The van der Waals surface area contributed by atoms with E-state index < -0.39 is 20.0 Å². The van der Waals surface area contributed by atoms with Crippen LogP contribution < -0.4 is 10.2 Å². The Bertz CT molecular complexity index is 1140. The Balaban J connectivity index is 1.55. The second-order valence-electron chi connectivity index (χ2n) is 6.38. The summed E-state index contributed by atoms with van der Waals surface area (Å²) in [5.41, 5.74) is 1.28. The summed E-state index contributed by atoms with van der Waals surface area (Å²) in [5.74, 6) is 0. The normalized spacial score (nSPS) is 19.1. The molecule has 0 radical (unpaired) electrons.